The molecule has 2 aromatic rings. The fourth-order valence-corrected chi connectivity index (χ4v) is 2.29. The molecule has 0 heterocycles. The molecule has 1 aliphatic carbocycles. The SMILES string of the molecule is Nc1ccc2ccc3c(c2c1)CCC=C3. The number of nitrogens with two attached hydrogens (primary N) is 1. The van der Waals surface area contributed by atoms with E-state index in [0.717, 1.165) is 18.5 Å². The molecule has 15 heavy (non-hydrogen) atoms. The Balaban J connectivity index is 2.40. The van der Waals surface area contributed by atoms with Gasteiger partial charge in [-0.05, 0) is 46.9 Å². The number of hydrogen-bond donors (Lipinski definition) is 1. The third kappa shape index (κ3) is 1.32. The number of aryl methyl sites for hydroxylation is 1. The van der Waals surface area contributed by atoms with Gasteiger partial charge in [0.05, 0.1) is 0 Å². The van der Waals surface area contributed by atoms with Gasteiger partial charge >= 0.3 is 0 Å². The molecule has 0 aromatic heterocycles. The number of hydrogen-bond acceptors (Lipinski definition) is 1. The van der Waals surface area contributed by atoms with Crippen LogP contribution in [0.3, 0.4) is 0 Å². The second-order valence-electron chi connectivity index (χ2n) is 4.05. The number of allylic oxidation sites excluding steroid dienone is 1. The number of fused-ring (bicyclic) bond motifs is 3. The van der Waals surface area contributed by atoms with Crippen molar-refractivity contribution in [1.29, 1.82) is 0 Å². The Morgan fingerprint density at radius 3 is 2.87 bits per heavy atom. The van der Waals surface area contributed by atoms with Crippen LogP contribution in [0.5, 0.6) is 0 Å². The molecule has 0 aliphatic heterocycles. The molecule has 3 rings (SSSR count). The first-order valence-electron chi connectivity index (χ1n) is 5.32. The van der Waals surface area contributed by atoms with Crippen molar-refractivity contribution in [3.05, 3.63) is 47.5 Å². The zero-order valence-corrected chi connectivity index (χ0v) is 8.53. The minimum Gasteiger partial charge on any atom is -0.399 e. The first kappa shape index (κ1) is 8.54. The summed E-state index contributed by atoms with van der Waals surface area (Å²) in [5, 5.41) is 2.61. The Morgan fingerprint density at radius 2 is 1.93 bits per heavy atom. The second-order valence-corrected chi connectivity index (χ2v) is 4.05. The maximum Gasteiger partial charge on any atom is 0.0320 e. The third-order valence-electron chi connectivity index (χ3n) is 3.05. The van der Waals surface area contributed by atoms with E-state index in [2.05, 4.69) is 36.4 Å². The summed E-state index contributed by atoms with van der Waals surface area (Å²) >= 11 is 0. The lowest BCUT2D eigenvalue weighted by atomic mass is 9.92. The summed E-state index contributed by atoms with van der Waals surface area (Å²) in [5.74, 6) is 0. The van der Waals surface area contributed by atoms with E-state index in [1.54, 1.807) is 0 Å². The van der Waals surface area contributed by atoms with Crippen LogP contribution in [0.1, 0.15) is 17.5 Å². The van der Waals surface area contributed by atoms with Crippen LogP contribution >= 0.6 is 0 Å². The summed E-state index contributed by atoms with van der Waals surface area (Å²) in [6.45, 7) is 0. The molecular formula is C14H13N. The summed E-state index contributed by atoms with van der Waals surface area (Å²) in [5.41, 5.74) is 9.48. The molecular weight excluding hydrogens is 182 g/mol. The molecule has 74 valence electrons. The van der Waals surface area contributed by atoms with Gasteiger partial charge in [0.2, 0.25) is 0 Å². The van der Waals surface area contributed by atoms with Crippen LogP contribution in [-0.2, 0) is 6.42 Å². The van der Waals surface area contributed by atoms with E-state index in [9.17, 15) is 0 Å². The van der Waals surface area contributed by atoms with Gasteiger partial charge in [-0.15, -0.1) is 0 Å². The minimum absolute atomic E-state index is 0.852. The zero-order valence-electron chi connectivity index (χ0n) is 8.53. The number of anilines is 1. The smallest absolute Gasteiger partial charge is 0.0320 e. The second kappa shape index (κ2) is 3.13. The molecule has 1 heteroatoms. The molecule has 0 atom stereocenters. The average Bonchev–Trinajstić information content (AvgIpc) is 2.29. The van der Waals surface area contributed by atoms with Crippen LogP contribution in [-0.4, -0.2) is 0 Å². The highest BCUT2D eigenvalue weighted by molar-refractivity contribution is 5.91. The average molecular weight is 195 g/mol. The highest BCUT2D eigenvalue weighted by Crippen LogP contribution is 2.29. The maximum atomic E-state index is 5.84. The monoisotopic (exact) mass is 195 g/mol. The first-order chi connectivity index (χ1) is 7.34. The molecule has 0 amide bonds. The summed E-state index contributed by atoms with van der Waals surface area (Å²) in [7, 11) is 0. The zero-order chi connectivity index (χ0) is 10.3. The summed E-state index contributed by atoms with van der Waals surface area (Å²) < 4.78 is 0. The largest absolute Gasteiger partial charge is 0.399 e. The van der Waals surface area contributed by atoms with E-state index < -0.39 is 0 Å². The van der Waals surface area contributed by atoms with Gasteiger partial charge in [-0.3, -0.25) is 0 Å². The van der Waals surface area contributed by atoms with Crippen LogP contribution in [0.4, 0.5) is 5.69 Å². The summed E-state index contributed by atoms with van der Waals surface area (Å²) in [6, 6.07) is 10.5. The van der Waals surface area contributed by atoms with Gasteiger partial charge in [-0.1, -0.05) is 30.4 Å². The summed E-state index contributed by atoms with van der Waals surface area (Å²) in [4.78, 5) is 0. The van der Waals surface area contributed by atoms with Crippen molar-refractivity contribution in [2.75, 3.05) is 5.73 Å². The molecule has 0 saturated heterocycles. The van der Waals surface area contributed by atoms with Gasteiger partial charge in [-0.2, -0.15) is 0 Å². The molecule has 2 aromatic carbocycles. The van der Waals surface area contributed by atoms with Gasteiger partial charge in [0, 0.05) is 5.69 Å². The van der Waals surface area contributed by atoms with Crippen molar-refractivity contribution >= 4 is 22.5 Å². The van der Waals surface area contributed by atoms with Crippen LogP contribution in [0.2, 0.25) is 0 Å². The highest BCUT2D eigenvalue weighted by Gasteiger charge is 2.08. The maximum absolute atomic E-state index is 5.84. The lowest BCUT2D eigenvalue weighted by molar-refractivity contribution is 0.997. The predicted molar refractivity (Wildman–Crippen MR) is 65.7 cm³/mol. The van der Waals surface area contributed by atoms with Gasteiger partial charge < -0.3 is 5.73 Å². The van der Waals surface area contributed by atoms with Gasteiger partial charge in [0.1, 0.15) is 0 Å². The van der Waals surface area contributed by atoms with E-state index in [1.165, 1.54) is 21.9 Å². The van der Waals surface area contributed by atoms with Crippen LogP contribution < -0.4 is 5.73 Å². The number of benzene rings is 2. The normalized spacial score (nSPS) is 14.1. The Kier molecular flexibility index (Phi) is 1.78. The van der Waals surface area contributed by atoms with Crippen molar-refractivity contribution in [3.8, 4) is 0 Å². The Hall–Kier alpha value is -1.76. The van der Waals surface area contributed by atoms with Crippen molar-refractivity contribution in [2.45, 2.75) is 12.8 Å². The number of rotatable bonds is 0. The minimum atomic E-state index is 0.852. The summed E-state index contributed by atoms with van der Waals surface area (Å²) in [6.07, 6.45) is 6.72. The fourth-order valence-electron chi connectivity index (χ4n) is 2.29. The quantitative estimate of drug-likeness (QED) is 0.641. The van der Waals surface area contributed by atoms with Crippen LogP contribution in [0.15, 0.2) is 36.4 Å². The van der Waals surface area contributed by atoms with Crippen LogP contribution in [0, 0.1) is 0 Å². The molecule has 0 radical (unpaired) electrons. The molecule has 2 N–H and O–H groups in total. The molecule has 0 bridgehead atoms. The number of nitrogen functional groups attached to an aromatic ring is 1. The van der Waals surface area contributed by atoms with Gasteiger partial charge in [0.15, 0.2) is 0 Å². The van der Waals surface area contributed by atoms with Gasteiger partial charge in [-0.25, -0.2) is 0 Å². The first-order valence-corrected chi connectivity index (χ1v) is 5.32. The van der Waals surface area contributed by atoms with E-state index in [1.807, 2.05) is 6.07 Å². The Bertz CT molecular complexity index is 553. The molecule has 0 saturated carbocycles. The molecule has 0 spiro atoms. The standard InChI is InChI=1S/C14H13N/c15-12-8-7-11-6-5-10-3-1-2-4-13(10)14(11)9-12/h1,3,5-9H,2,4,15H2. The molecule has 0 unspecified atom stereocenters. The Morgan fingerprint density at radius 1 is 1.07 bits per heavy atom. The van der Waals surface area contributed by atoms with Gasteiger partial charge in [0.25, 0.3) is 0 Å². The third-order valence-corrected chi connectivity index (χ3v) is 3.05. The van der Waals surface area contributed by atoms with E-state index in [4.69, 9.17) is 5.73 Å². The van der Waals surface area contributed by atoms with E-state index in [-0.39, 0.29) is 0 Å². The van der Waals surface area contributed by atoms with E-state index >= 15 is 0 Å². The van der Waals surface area contributed by atoms with E-state index in [0.29, 0.717) is 0 Å². The lowest BCUT2D eigenvalue weighted by Gasteiger charge is -2.13. The predicted octanol–water partition coefficient (Wildman–Crippen LogP) is 3.38. The van der Waals surface area contributed by atoms with Crippen molar-refractivity contribution in [3.63, 3.8) is 0 Å². The fraction of sp³-hybridized carbons (Fsp3) is 0.143. The molecule has 1 nitrogen and oxygen atoms in total. The highest BCUT2D eigenvalue weighted by atomic mass is 14.5. The van der Waals surface area contributed by atoms with Crippen molar-refractivity contribution < 1.29 is 0 Å². The topological polar surface area (TPSA) is 26.0 Å². The van der Waals surface area contributed by atoms with Crippen LogP contribution in [0.25, 0.3) is 16.8 Å². The Labute approximate surface area is 89.2 Å². The van der Waals surface area contributed by atoms with Crippen molar-refractivity contribution in [2.24, 2.45) is 0 Å². The lowest BCUT2D eigenvalue weighted by Crippen LogP contribution is -1.96. The molecule has 0 fully saturated rings. The molecule has 1 aliphatic rings. The van der Waals surface area contributed by atoms with Crippen molar-refractivity contribution in [1.82, 2.24) is 0 Å².